The Balaban J connectivity index is 1.80. The molecule has 4 nitrogen and oxygen atoms in total. The highest BCUT2D eigenvalue weighted by Crippen LogP contribution is 2.27. The van der Waals surface area contributed by atoms with Gasteiger partial charge in [-0.05, 0) is 18.8 Å². The lowest BCUT2D eigenvalue weighted by molar-refractivity contribution is 0.0486. The lowest BCUT2D eigenvalue weighted by Crippen LogP contribution is -2.33. The number of aliphatic hydroxyl groups excluding tert-OH is 1. The Bertz CT molecular complexity index is 315. The molecule has 0 spiro atoms. The van der Waals surface area contributed by atoms with Crippen molar-refractivity contribution >= 4 is 17.4 Å². The van der Waals surface area contributed by atoms with E-state index in [1.54, 1.807) is 6.07 Å². The van der Waals surface area contributed by atoms with Crippen LogP contribution in [0.2, 0.25) is 5.15 Å². The average molecular weight is 214 g/mol. The molecule has 2 N–H and O–H groups in total. The monoisotopic (exact) mass is 213 g/mol. The number of hydrogen-bond donors (Lipinski definition) is 2. The summed E-state index contributed by atoms with van der Waals surface area (Å²) in [5, 5.41) is 12.7. The van der Waals surface area contributed by atoms with Gasteiger partial charge in [-0.1, -0.05) is 11.6 Å². The van der Waals surface area contributed by atoms with Gasteiger partial charge in [-0.2, -0.15) is 0 Å². The van der Waals surface area contributed by atoms with Crippen molar-refractivity contribution in [3.05, 3.63) is 17.5 Å². The van der Waals surface area contributed by atoms with Crippen LogP contribution in [0.5, 0.6) is 0 Å². The molecular formula is C9H12ClN3O. The summed E-state index contributed by atoms with van der Waals surface area (Å²) in [6.07, 6.45) is 3.09. The van der Waals surface area contributed by atoms with Gasteiger partial charge in [0.15, 0.2) is 0 Å². The van der Waals surface area contributed by atoms with E-state index in [0.29, 0.717) is 11.1 Å². The van der Waals surface area contributed by atoms with Crippen LogP contribution in [-0.4, -0.2) is 27.7 Å². The third-order valence-electron chi connectivity index (χ3n) is 2.42. The second kappa shape index (κ2) is 4.11. The van der Waals surface area contributed by atoms with E-state index in [1.165, 1.54) is 6.33 Å². The fourth-order valence-corrected chi connectivity index (χ4v) is 1.69. The van der Waals surface area contributed by atoms with Gasteiger partial charge < -0.3 is 10.4 Å². The van der Waals surface area contributed by atoms with Gasteiger partial charge in [0.25, 0.3) is 0 Å². The Hall–Kier alpha value is -0.870. The summed E-state index contributed by atoms with van der Waals surface area (Å²) < 4.78 is 0. The fourth-order valence-electron chi connectivity index (χ4n) is 1.55. The maximum Gasteiger partial charge on any atom is 0.134 e. The summed E-state index contributed by atoms with van der Waals surface area (Å²) in [5.41, 5.74) is 0. The van der Waals surface area contributed by atoms with Crippen molar-refractivity contribution in [1.29, 1.82) is 0 Å². The maximum absolute atomic E-state index is 9.09. The molecule has 1 aliphatic rings. The van der Waals surface area contributed by atoms with E-state index in [-0.39, 0.29) is 6.10 Å². The molecule has 1 aromatic heterocycles. The van der Waals surface area contributed by atoms with Crippen LogP contribution in [-0.2, 0) is 0 Å². The van der Waals surface area contributed by atoms with Crippen LogP contribution < -0.4 is 5.32 Å². The Morgan fingerprint density at radius 1 is 1.50 bits per heavy atom. The first kappa shape index (κ1) is 9.68. The minimum absolute atomic E-state index is 0.101. The van der Waals surface area contributed by atoms with Gasteiger partial charge in [0.1, 0.15) is 17.3 Å². The highest BCUT2D eigenvalue weighted by Gasteiger charge is 2.26. The molecule has 1 fully saturated rings. The zero-order chi connectivity index (χ0) is 9.97. The average Bonchev–Trinajstić information content (AvgIpc) is 2.11. The summed E-state index contributed by atoms with van der Waals surface area (Å²) in [4.78, 5) is 7.81. The summed E-state index contributed by atoms with van der Waals surface area (Å²) in [7, 11) is 0. The predicted octanol–water partition coefficient (Wildman–Crippen LogP) is 1.31. The van der Waals surface area contributed by atoms with Crippen LogP contribution in [0.1, 0.15) is 12.8 Å². The van der Waals surface area contributed by atoms with E-state index < -0.39 is 0 Å². The van der Waals surface area contributed by atoms with Crippen molar-refractivity contribution in [3.63, 3.8) is 0 Å². The zero-order valence-electron chi connectivity index (χ0n) is 7.65. The number of anilines is 1. The standard InChI is InChI=1S/C9H12ClN3O/c10-8-3-9(13-5-12-8)11-4-6-1-7(14)2-6/h3,5-7,14H,1-2,4H2,(H,11,12,13). The van der Waals surface area contributed by atoms with Crippen LogP contribution in [0.3, 0.4) is 0 Å². The minimum atomic E-state index is -0.101. The first-order chi connectivity index (χ1) is 6.74. The molecule has 1 aromatic rings. The van der Waals surface area contributed by atoms with Gasteiger partial charge in [0, 0.05) is 12.6 Å². The quantitative estimate of drug-likeness (QED) is 0.744. The second-order valence-corrected chi connectivity index (χ2v) is 3.99. The lowest BCUT2D eigenvalue weighted by Gasteiger charge is -2.31. The third kappa shape index (κ3) is 2.33. The number of aliphatic hydroxyl groups is 1. The lowest BCUT2D eigenvalue weighted by atomic mass is 9.82. The summed E-state index contributed by atoms with van der Waals surface area (Å²) >= 11 is 5.70. The van der Waals surface area contributed by atoms with Gasteiger partial charge in [0.05, 0.1) is 6.10 Å². The fraction of sp³-hybridized carbons (Fsp3) is 0.556. The van der Waals surface area contributed by atoms with E-state index in [1.807, 2.05) is 0 Å². The summed E-state index contributed by atoms with van der Waals surface area (Å²) in [6.45, 7) is 0.838. The SMILES string of the molecule is OC1CC(CNc2cc(Cl)ncn2)C1. The Kier molecular flexibility index (Phi) is 2.84. The van der Waals surface area contributed by atoms with Crippen molar-refractivity contribution in [1.82, 2.24) is 9.97 Å². The molecule has 1 saturated carbocycles. The molecule has 1 aliphatic carbocycles. The van der Waals surface area contributed by atoms with Crippen LogP contribution in [0.15, 0.2) is 12.4 Å². The van der Waals surface area contributed by atoms with E-state index in [9.17, 15) is 0 Å². The highest BCUT2D eigenvalue weighted by atomic mass is 35.5. The Labute approximate surface area is 87.3 Å². The summed E-state index contributed by atoms with van der Waals surface area (Å²) in [5.74, 6) is 1.30. The molecule has 14 heavy (non-hydrogen) atoms. The first-order valence-electron chi connectivity index (χ1n) is 4.63. The van der Waals surface area contributed by atoms with Gasteiger partial charge in [-0.25, -0.2) is 9.97 Å². The molecule has 0 aliphatic heterocycles. The van der Waals surface area contributed by atoms with E-state index in [4.69, 9.17) is 16.7 Å². The molecule has 0 atom stereocenters. The molecule has 0 unspecified atom stereocenters. The first-order valence-corrected chi connectivity index (χ1v) is 5.01. The molecule has 2 rings (SSSR count). The van der Waals surface area contributed by atoms with Crippen LogP contribution >= 0.6 is 11.6 Å². The Morgan fingerprint density at radius 2 is 2.29 bits per heavy atom. The molecule has 0 amide bonds. The van der Waals surface area contributed by atoms with Crippen LogP contribution in [0, 0.1) is 5.92 Å². The van der Waals surface area contributed by atoms with Crippen molar-refractivity contribution in [3.8, 4) is 0 Å². The smallest absolute Gasteiger partial charge is 0.134 e. The van der Waals surface area contributed by atoms with Gasteiger partial charge >= 0.3 is 0 Å². The molecule has 0 radical (unpaired) electrons. The van der Waals surface area contributed by atoms with Crippen molar-refractivity contribution in [2.24, 2.45) is 5.92 Å². The second-order valence-electron chi connectivity index (χ2n) is 3.60. The number of halogens is 1. The number of nitrogens with one attached hydrogen (secondary N) is 1. The van der Waals surface area contributed by atoms with E-state index in [0.717, 1.165) is 25.2 Å². The third-order valence-corrected chi connectivity index (χ3v) is 2.62. The van der Waals surface area contributed by atoms with Gasteiger partial charge in [-0.3, -0.25) is 0 Å². The van der Waals surface area contributed by atoms with E-state index >= 15 is 0 Å². The molecule has 5 heteroatoms. The van der Waals surface area contributed by atoms with E-state index in [2.05, 4.69) is 15.3 Å². The largest absolute Gasteiger partial charge is 0.393 e. The van der Waals surface area contributed by atoms with Gasteiger partial charge in [-0.15, -0.1) is 0 Å². The summed E-state index contributed by atoms with van der Waals surface area (Å²) in [6, 6.07) is 1.69. The molecule has 0 bridgehead atoms. The van der Waals surface area contributed by atoms with Crippen LogP contribution in [0.25, 0.3) is 0 Å². The van der Waals surface area contributed by atoms with Crippen LogP contribution in [0.4, 0.5) is 5.82 Å². The molecule has 76 valence electrons. The normalized spacial score (nSPS) is 25.6. The Morgan fingerprint density at radius 3 is 2.93 bits per heavy atom. The van der Waals surface area contributed by atoms with Crippen molar-refractivity contribution in [2.75, 3.05) is 11.9 Å². The molecule has 1 heterocycles. The number of hydrogen-bond acceptors (Lipinski definition) is 4. The number of rotatable bonds is 3. The number of nitrogens with zero attached hydrogens (tertiary/aromatic N) is 2. The van der Waals surface area contributed by atoms with Crippen molar-refractivity contribution in [2.45, 2.75) is 18.9 Å². The molecule has 0 saturated heterocycles. The maximum atomic E-state index is 9.09. The zero-order valence-corrected chi connectivity index (χ0v) is 8.41. The highest BCUT2D eigenvalue weighted by molar-refractivity contribution is 6.29. The van der Waals surface area contributed by atoms with Crippen molar-refractivity contribution < 1.29 is 5.11 Å². The molecule has 0 aromatic carbocycles. The van der Waals surface area contributed by atoms with Gasteiger partial charge in [0.2, 0.25) is 0 Å². The topological polar surface area (TPSA) is 58.0 Å². The molecular weight excluding hydrogens is 202 g/mol. The minimum Gasteiger partial charge on any atom is -0.393 e. The number of aromatic nitrogens is 2. The predicted molar refractivity (Wildman–Crippen MR) is 54.3 cm³/mol.